The standard InChI is InChI=1S/C18H14F3NO3/c1-11(25-15(23)10-7-12-5-3-2-4-6-12)18(24)22-14-9-8-13(19)16(20)17(14)21/h2-11H,1H3,(H,22,24)/b10-7+/t11-/m1/s1. The van der Waals surface area contributed by atoms with Crippen molar-refractivity contribution in [3.05, 3.63) is 71.6 Å². The van der Waals surface area contributed by atoms with Gasteiger partial charge in [0.1, 0.15) is 0 Å². The van der Waals surface area contributed by atoms with Gasteiger partial charge in [-0.3, -0.25) is 4.79 Å². The predicted molar refractivity (Wildman–Crippen MR) is 86.0 cm³/mol. The van der Waals surface area contributed by atoms with E-state index in [2.05, 4.69) is 0 Å². The van der Waals surface area contributed by atoms with E-state index in [0.717, 1.165) is 17.7 Å². The summed E-state index contributed by atoms with van der Waals surface area (Å²) >= 11 is 0. The average Bonchev–Trinajstić information content (AvgIpc) is 2.61. The Morgan fingerprint density at radius 2 is 1.72 bits per heavy atom. The predicted octanol–water partition coefficient (Wildman–Crippen LogP) is 3.69. The van der Waals surface area contributed by atoms with Gasteiger partial charge in [-0.05, 0) is 30.7 Å². The molecule has 2 rings (SSSR count). The maximum Gasteiger partial charge on any atom is 0.331 e. The maximum absolute atomic E-state index is 13.5. The Balaban J connectivity index is 1.95. The molecule has 130 valence electrons. The van der Waals surface area contributed by atoms with E-state index in [0.29, 0.717) is 6.07 Å². The van der Waals surface area contributed by atoms with E-state index in [4.69, 9.17) is 4.74 Å². The highest BCUT2D eigenvalue weighted by molar-refractivity contribution is 5.96. The average molecular weight is 349 g/mol. The third kappa shape index (κ3) is 4.94. The normalized spacial score (nSPS) is 12.0. The van der Waals surface area contributed by atoms with Crippen molar-refractivity contribution in [2.75, 3.05) is 5.32 Å². The molecule has 1 atom stereocenters. The van der Waals surface area contributed by atoms with Crippen molar-refractivity contribution in [2.24, 2.45) is 0 Å². The summed E-state index contributed by atoms with van der Waals surface area (Å²) in [5.41, 5.74) is 0.215. The van der Waals surface area contributed by atoms with E-state index < -0.39 is 41.1 Å². The van der Waals surface area contributed by atoms with Crippen LogP contribution in [0, 0.1) is 17.5 Å². The van der Waals surface area contributed by atoms with Crippen molar-refractivity contribution >= 4 is 23.6 Å². The number of ether oxygens (including phenoxy) is 1. The fourth-order valence-corrected chi connectivity index (χ4v) is 1.85. The van der Waals surface area contributed by atoms with Crippen molar-refractivity contribution in [1.29, 1.82) is 0 Å². The molecule has 7 heteroatoms. The van der Waals surface area contributed by atoms with E-state index >= 15 is 0 Å². The largest absolute Gasteiger partial charge is 0.449 e. The van der Waals surface area contributed by atoms with Gasteiger partial charge in [0.05, 0.1) is 5.69 Å². The molecule has 4 nitrogen and oxygen atoms in total. The molecule has 0 bridgehead atoms. The summed E-state index contributed by atoms with van der Waals surface area (Å²) in [7, 11) is 0. The van der Waals surface area contributed by atoms with Crippen LogP contribution in [0.4, 0.5) is 18.9 Å². The summed E-state index contributed by atoms with van der Waals surface area (Å²) < 4.78 is 44.3. The molecule has 1 N–H and O–H groups in total. The summed E-state index contributed by atoms with van der Waals surface area (Å²) in [5, 5.41) is 2.04. The lowest BCUT2D eigenvalue weighted by Gasteiger charge is -2.13. The third-order valence-electron chi connectivity index (χ3n) is 3.17. The molecule has 2 aromatic carbocycles. The molecule has 25 heavy (non-hydrogen) atoms. The van der Waals surface area contributed by atoms with Crippen LogP contribution in [0.1, 0.15) is 12.5 Å². The fraction of sp³-hybridized carbons (Fsp3) is 0.111. The Bertz CT molecular complexity index is 807. The Hall–Kier alpha value is -3.09. The first-order valence-electron chi connectivity index (χ1n) is 7.26. The lowest BCUT2D eigenvalue weighted by atomic mass is 10.2. The van der Waals surface area contributed by atoms with Crippen LogP contribution >= 0.6 is 0 Å². The second-order valence-corrected chi connectivity index (χ2v) is 5.04. The highest BCUT2D eigenvalue weighted by Crippen LogP contribution is 2.19. The van der Waals surface area contributed by atoms with Crippen molar-refractivity contribution in [2.45, 2.75) is 13.0 Å². The van der Waals surface area contributed by atoms with E-state index in [1.807, 2.05) is 11.4 Å². The number of anilines is 1. The summed E-state index contributed by atoms with van der Waals surface area (Å²) in [6.45, 7) is 1.27. The fourth-order valence-electron chi connectivity index (χ4n) is 1.85. The second kappa shape index (κ2) is 8.14. The number of halogens is 3. The number of hydrogen-bond acceptors (Lipinski definition) is 3. The Morgan fingerprint density at radius 1 is 1.04 bits per heavy atom. The number of carbonyl (C=O) groups is 2. The Kier molecular flexibility index (Phi) is 5.94. The molecule has 0 saturated heterocycles. The number of esters is 1. The van der Waals surface area contributed by atoms with Gasteiger partial charge in [-0.1, -0.05) is 30.3 Å². The van der Waals surface area contributed by atoms with E-state index in [1.54, 1.807) is 24.3 Å². The highest BCUT2D eigenvalue weighted by Gasteiger charge is 2.20. The monoisotopic (exact) mass is 349 g/mol. The lowest BCUT2D eigenvalue weighted by Crippen LogP contribution is -2.29. The SMILES string of the molecule is C[C@@H](OC(=O)/C=C/c1ccccc1)C(=O)Nc1ccc(F)c(F)c1F. The highest BCUT2D eigenvalue weighted by atomic mass is 19.2. The van der Waals surface area contributed by atoms with E-state index in [-0.39, 0.29) is 0 Å². The number of benzene rings is 2. The van der Waals surface area contributed by atoms with Crippen LogP contribution in [-0.4, -0.2) is 18.0 Å². The van der Waals surface area contributed by atoms with Crippen LogP contribution in [0.25, 0.3) is 6.08 Å². The quantitative estimate of drug-likeness (QED) is 0.509. The van der Waals surface area contributed by atoms with Crippen molar-refractivity contribution in [3.63, 3.8) is 0 Å². The van der Waals surface area contributed by atoms with Crippen molar-refractivity contribution in [1.82, 2.24) is 0 Å². The summed E-state index contributed by atoms with van der Waals surface area (Å²) in [5.74, 6) is -6.27. The zero-order valence-electron chi connectivity index (χ0n) is 13.1. The molecule has 0 fully saturated rings. The molecule has 0 aliphatic rings. The van der Waals surface area contributed by atoms with Crippen LogP contribution in [0.5, 0.6) is 0 Å². The first kappa shape index (κ1) is 18.3. The van der Waals surface area contributed by atoms with Crippen LogP contribution in [0.2, 0.25) is 0 Å². The van der Waals surface area contributed by atoms with Gasteiger partial charge in [-0.25, -0.2) is 18.0 Å². The van der Waals surface area contributed by atoms with Crippen LogP contribution in [-0.2, 0) is 14.3 Å². The second-order valence-electron chi connectivity index (χ2n) is 5.04. The third-order valence-corrected chi connectivity index (χ3v) is 3.17. The molecule has 1 amide bonds. The van der Waals surface area contributed by atoms with Gasteiger partial charge in [0.2, 0.25) is 0 Å². The number of rotatable bonds is 5. The van der Waals surface area contributed by atoms with Gasteiger partial charge in [0.15, 0.2) is 23.6 Å². The van der Waals surface area contributed by atoms with E-state index in [9.17, 15) is 22.8 Å². The van der Waals surface area contributed by atoms with Gasteiger partial charge in [0.25, 0.3) is 5.91 Å². The van der Waals surface area contributed by atoms with Gasteiger partial charge >= 0.3 is 5.97 Å². The molecule has 0 heterocycles. The molecule has 0 aliphatic carbocycles. The maximum atomic E-state index is 13.5. The number of nitrogens with one attached hydrogen (secondary N) is 1. The summed E-state index contributed by atoms with van der Waals surface area (Å²) in [4.78, 5) is 23.6. The molecule has 2 aromatic rings. The minimum Gasteiger partial charge on any atom is -0.449 e. The molecule has 0 unspecified atom stereocenters. The number of hydrogen-bond donors (Lipinski definition) is 1. The number of amides is 1. The van der Waals surface area contributed by atoms with Gasteiger partial charge in [0, 0.05) is 6.08 Å². The Labute approximate surface area is 141 Å². The minimum atomic E-state index is -1.70. The van der Waals surface area contributed by atoms with Crippen LogP contribution in [0.15, 0.2) is 48.5 Å². The number of carbonyl (C=O) groups excluding carboxylic acids is 2. The minimum absolute atomic E-state index is 0.549. The molecular formula is C18H14F3NO3. The van der Waals surface area contributed by atoms with Gasteiger partial charge < -0.3 is 10.1 Å². The molecule has 0 radical (unpaired) electrons. The van der Waals surface area contributed by atoms with Crippen molar-refractivity contribution < 1.29 is 27.5 Å². The summed E-state index contributed by atoms with van der Waals surface area (Å²) in [6, 6.07) is 10.5. The molecule has 0 aliphatic heterocycles. The molecule has 0 aromatic heterocycles. The zero-order valence-corrected chi connectivity index (χ0v) is 13.1. The van der Waals surface area contributed by atoms with Crippen LogP contribution in [0.3, 0.4) is 0 Å². The van der Waals surface area contributed by atoms with Crippen molar-refractivity contribution in [3.8, 4) is 0 Å². The zero-order chi connectivity index (χ0) is 18.4. The first-order chi connectivity index (χ1) is 11.9. The van der Waals surface area contributed by atoms with Gasteiger partial charge in [-0.2, -0.15) is 0 Å². The Morgan fingerprint density at radius 3 is 2.40 bits per heavy atom. The molecular weight excluding hydrogens is 335 g/mol. The smallest absolute Gasteiger partial charge is 0.331 e. The summed E-state index contributed by atoms with van der Waals surface area (Å²) in [6.07, 6.45) is 1.37. The first-order valence-corrected chi connectivity index (χ1v) is 7.26. The molecule has 0 saturated carbocycles. The molecule has 0 spiro atoms. The topological polar surface area (TPSA) is 55.4 Å². The van der Waals surface area contributed by atoms with E-state index in [1.165, 1.54) is 13.0 Å². The lowest BCUT2D eigenvalue weighted by molar-refractivity contribution is -0.148. The van der Waals surface area contributed by atoms with Crippen LogP contribution < -0.4 is 5.32 Å². The van der Waals surface area contributed by atoms with Gasteiger partial charge in [-0.15, -0.1) is 0 Å².